The van der Waals surface area contributed by atoms with Crippen LogP contribution in [0.15, 0.2) is 30.5 Å². The van der Waals surface area contributed by atoms with Gasteiger partial charge in [-0.3, -0.25) is 9.48 Å². The third-order valence-corrected chi connectivity index (χ3v) is 2.60. The van der Waals surface area contributed by atoms with Gasteiger partial charge in [-0.2, -0.15) is 13.9 Å². The molecule has 0 saturated carbocycles. The van der Waals surface area contributed by atoms with Crippen molar-refractivity contribution in [3.8, 4) is 11.5 Å². The van der Waals surface area contributed by atoms with Gasteiger partial charge in [0.05, 0.1) is 7.11 Å². The number of alkyl halides is 2. The van der Waals surface area contributed by atoms with Crippen molar-refractivity contribution in [2.24, 2.45) is 7.05 Å². The lowest BCUT2D eigenvalue weighted by Crippen LogP contribution is -2.13. The zero-order chi connectivity index (χ0) is 15.4. The number of nitrogens with one attached hydrogen (secondary N) is 1. The number of hydrogen-bond acceptors (Lipinski definition) is 4. The Morgan fingerprint density at radius 1 is 1.33 bits per heavy atom. The first-order valence-corrected chi connectivity index (χ1v) is 5.93. The summed E-state index contributed by atoms with van der Waals surface area (Å²) in [6.07, 6.45) is 1.66. The number of aromatic nitrogens is 2. The van der Waals surface area contributed by atoms with E-state index >= 15 is 0 Å². The number of ether oxygens (including phenoxy) is 2. The van der Waals surface area contributed by atoms with Crippen LogP contribution in [0.1, 0.15) is 10.4 Å². The molecule has 2 aromatic rings. The molecule has 2 rings (SSSR count). The van der Waals surface area contributed by atoms with Crippen molar-refractivity contribution in [1.29, 1.82) is 0 Å². The van der Waals surface area contributed by atoms with E-state index in [1.54, 1.807) is 19.3 Å². The molecule has 0 bridgehead atoms. The topological polar surface area (TPSA) is 65.4 Å². The number of amides is 1. The summed E-state index contributed by atoms with van der Waals surface area (Å²) in [5.74, 6) is -0.226. The fraction of sp³-hybridized carbons (Fsp3) is 0.231. The second-order valence-corrected chi connectivity index (χ2v) is 4.07. The maximum Gasteiger partial charge on any atom is 0.387 e. The summed E-state index contributed by atoms with van der Waals surface area (Å²) in [7, 11) is 3.03. The molecule has 0 saturated heterocycles. The molecule has 0 unspecified atom stereocenters. The van der Waals surface area contributed by atoms with Crippen LogP contribution in [0.4, 0.5) is 14.6 Å². The number of rotatable bonds is 5. The highest BCUT2D eigenvalue weighted by atomic mass is 19.3. The third kappa shape index (κ3) is 3.68. The van der Waals surface area contributed by atoms with Crippen molar-refractivity contribution < 1.29 is 23.0 Å². The van der Waals surface area contributed by atoms with Gasteiger partial charge in [0.2, 0.25) is 0 Å². The Morgan fingerprint density at radius 2 is 2.10 bits per heavy atom. The van der Waals surface area contributed by atoms with Crippen molar-refractivity contribution >= 4 is 11.7 Å². The lowest BCUT2D eigenvalue weighted by atomic mass is 10.2. The molecule has 0 fully saturated rings. The molecule has 0 radical (unpaired) electrons. The van der Waals surface area contributed by atoms with Crippen molar-refractivity contribution in [1.82, 2.24) is 9.78 Å². The number of hydrogen-bond donors (Lipinski definition) is 1. The highest BCUT2D eigenvalue weighted by Gasteiger charge is 2.15. The summed E-state index contributed by atoms with van der Waals surface area (Å²) < 4.78 is 35.4. The van der Waals surface area contributed by atoms with Crippen LogP contribution in [0.25, 0.3) is 0 Å². The maximum absolute atomic E-state index is 12.3. The zero-order valence-corrected chi connectivity index (χ0v) is 11.3. The predicted octanol–water partition coefficient (Wildman–Crippen LogP) is 2.28. The van der Waals surface area contributed by atoms with Crippen molar-refractivity contribution in [2.75, 3.05) is 12.4 Å². The lowest BCUT2D eigenvalue weighted by Gasteiger charge is -2.11. The van der Waals surface area contributed by atoms with Gasteiger partial charge in [0.25, 0.3) is 5.91 Å². The number of aryl methyl sites for hydroxylation is 1. The minimum Gasteiger partial charge on any atom is -0.493 e. The maximum atomic E-state index is 12.3. The van der Waals surface area contributed by atoms with Crippen LogP contribution in [-0.2, 0) is 7.05 Å². The number of carbonyl (C=O) groups is 1. The van der Waals surface area contributed by atoms with E-state index < -0.39 is 12.5 Å². The highest BCUT2D eigenvalue weighted by Crippen LogP contribution is 2.29. The number of carbonyl (C=O) groups excluding carboxylic acids is 1. The van der Waals surface area contributed by atoms with Gasteiger partial charge in [-0.05, 0) is 18.2 Å². The molecule has 0 aliphatic rings. The average Bonchev–Trinajstić information content (AvgIpc) is 2.83. The first-order chi connectivity index (χ1) is 9.99. The van der Waals surface area contributed by atoms with Crippen LogP contribution < -0.4 is 14.8 Å². The summed E-state index contributed by atoms with van der Waals surface area (Å²) in [5.41, 5.74) is 0.150. The Morgan fingerprint density at radius 3 is 2.67 bits per heavy atom. The summed E-state index contributed by atoms with van der Waals surface area (Å²) in [6, 6.07) is 5.61. The summed E-state index contributed by atoms with van der Waals surface area (Å²) in [6.45, 7) is -3.01. The Balaban J connectivity index is 2.20. The summed E-state index contributed by atoms with van der Waals surface area (Å²) in [5, 5.41) is 6.53. The molecule has 1 aromatic carbocycles. The molecule has 1 N–H and O–H groups in total. The molecule has 8 heteroatoms. The first kappa shape index (κ1) is 14.8. The minimum absolute atomic E-state index is 0.115. The summed E-state index contributed by atoms with van der Waals surface area (Å²) >= 11 is 0. The van der Waals surface area contributed by atoms with E-state index in [1.807, 2.05) is 0 Å². The smallest absolute Gasteiger partial charge is 0.387 e. The number of halogens is 2. The van der Waals surface area contributed by atoms with E-state index in [-0.39, 0.29) is 17.1 Å². The number of methoxy groups -OCH3 is 1. The molecule has 0 aliphatic carbocycles. The van der Waals surface area contributed by atoms with Gasteiger partial charge in [-0.25, -0.2) is 0 Å². The molecule has 21 heavy (non-hydrogen) atoms. The van der Waals surface area contributed by atoms with Crippen LogP contribution >= 0.6 is 0 Å². The van der Waals surface area contributed by atoms with Crippen molar-refractivity contribution in [3.63, 3.8) is 0 Å². The van der Waals surface area contributed by atoms with Crippen LogP contribution in [-0.4, -0.2) is 29.4 Å². The van der Waals surface area contributed by atoms with E-state index in [9.17, 15) is 13.6 Å². The molecule has 112 valence electrons. The summed E-state index contributed by atoms with van der Waals surface area (Å²) in [4.78, 5) is 12.0. The van der Waals surface area contributed by atoms with Crippen LogP contribution in [0, 0.1) is 0 Å². The monoisotopic (exact) mass is 297 g/mol. The second kappa shape index (κ2) is 6.21. The zero-order valence-electron chi connectivity index (χ0n) is 11.3. The fourth-order valence-corrected chi connectivity index (χ4v) is 1.68. The molecule has 0 atom stereocenters. The van der Waals surface area contributed by atoms with Gasteiger partial charge in [-0.15, -0.1) is 0 Å². The molecule has 0 aliphatic heterocycles. The number of benzene rings is 1. The van der Waals surface area contributed by atoms with Crippen LogP contribution in [0.3, 0.4) is 0 Å². The van der Waals surface area contributed by atoms with Crippen molar-refractivity contribution in [3.05, 3.63) is 36.0 Å². The Kier molecular flexibility index (Phi) is 4.36. The second-order valence-electron chi connectivity index (χ2n) is 4.07. The third-order valence-electron chi connectivity index (χ3n) is 2.60. The SMILES string of the molecule is COc1ccc(C(=O)Nc2ccn(C)n2)cc1OC(F)F. The Hall–Kier alpha value is -2.64. The fourth-order valence-electron chi connectivity index (χ4n) is 1.68. The Labute approximate surface area is 119 Å². The van der Waals surface area contributed by atoms with Crippen LogP contribution in [0.2, 0.25) is 0 Å². The number of nitrogens with zero attached hydrogens (tertiary/aromatic N) is 2. The van der Waals surface area contributed by atoms with Gasteiger partial charge in [0, 0.05) is 24.9 Å². The van der Waals surface area contributed by atoms with Gasteiger partial charge >= 0.3 is 6.61 Å². The molecular formula is C13H13F2N3O3. The van der Waals surface area contributed by atoms with E-state index in [1.165, 1.54) is 30.0 Å². The van der Waals surface area contributed by atoms with Gasteiger partial charge in [0.1, 0.15) is 0 Å². The molecule has 1 amide bonds. The molecule has 1 heterocycles. The lowest BCUT2D eigenvalue weighted by molar-refractivity contribution is -0.0512. The van der Waals surface area contributed by atoms with E-state index in [4.69, 9.17) is 4.74 Å². The van der Waals surface area contributed by atoms with Gasteiger partial charge < -0.3 is 14.8 Å². The van der Waals surface area contributed by atoms with E-state index in [0.29, 0.717) is 5.82 Å². The largest absolute Gasteiger partial charge is 0.493 e. The van der Waals surface area contributed by atoms with E-state index in [0.717, 1.165) is 0 Å². The van der Waals surface area contributed by atoms with Crippen LogP contribution in [0.5, 0.6) is 11.5 Å². The molecule has 1 aromatic heterocycles. The number of anilines is 1. The van der Waals surface area contributed by atoms with Gasteiger partial charge in [0.15, 0.2) is 17.3 Å². The quantitative estimate of drug-likeness (QED) is 0.919. The first-order valence-electron chi connectivity index (χ1n) is 5.93. The average molecular weight is 297 g/mol. The van der Waals surface area contributed by atoms with Crippen molar-refractivity contribution in [2.45, 2.75) is 6.61 Å². The molecule has 6 nitrogen and oxygen atoms in total. The molecular weight excluding hydrogens is 284 g/mol. The Bertz CT molecular complexity index is 643. The minimum atomic E-state index is -3.01. The highest BCUT2D eigenvalue weighted by molar-refractivity contribution is 6.04. The molecule has 0 spiro atoms. The normalized spacial score (nSPS) is 10.5. The van der Waals surface area contributed by atoms with E-state index in [2.05, 4.69) is 15.2 Å². The standard InChI is InChI=1S/C13H13F2N3O3/c1-18-6-5-11(17-18)16-12(19)8-3-4-9(20-2)10(7-8)21-13(14)15/h3-7,13H,1-2H3,(H,16,17,19). The van der Waals surface area contributed by atoms with Gasteiger partial charge in [-0.1, -0.05) is 0 Å². The predicted molar refractivity (Wildman–Crippen MR) is 70.8 cm³/mol.